The third kappa shape index (κ3) is 4.72. The van der Waals surface area contributed by atoms with Gasteiger partial charge in [-0.3, -0.25) is 29.4 Å². The molecule has 0 aliphatic carbocycles. The van der Waals surface area contributed by atoms with Crippen LogP contribution in [-0.2, 0) is 16.6 Å². The van der Waals surface area contributed by atoms with Crippen LogP contribution in [-0.4, -0.2) is 82.2 Å². The molecule has 2 N–H and O–H groups in total. The maximum absolute atomic E-state index is 13.0. The van der Waals surface area contributed by atoms with Gasteiger partial charge in [-0.15, -0.1) is 0 Å². The first-order valence-corrected chi connectivity index (χ1v) is 11.6. The van der Waals surface area contributed by atoms with E-state index < -0.39 is 6.03 Å². The van der Waals surface area contributed by atoms with Crippen LogP contribution in [0.3, 0.4) is 0 Å². The Bertz CT molecular complexity index is 1050. The lowest BCUT2D eigenvalue weighted by Gasteiger charge is -2.44. The van der Waals surface area contributed by atoms with Crippen molar-refractivity contribution in [2.75, 3.05) is 42.9 Å². The van der Waals surface area contributed by atoms with Crippen LogP contribution in [0, 0.1) is 0 Å². The van der Waals surface area contributed by atoms with Gasteiger partial charge < -0.3 is 10.2 Å². The van der Waals surface area contributed by atoms with Crippen LogP contribution in [0.1, 0.15) is 33.6 Å². The number of nitrogens with one attached hydrogen (secondary N) is 2. The molecule has 2 aliphatic heterocycles. The van der Waals surface area contributed by atoms with Crippen molar-refractivity contribution in [3.8, 4) is 0 Å². The minimum atomic E-state index is -0.481. The van der Waals surface area contributed by atoms with E-state index >= 15 is 0 Å². The van der Waals surface area contributed by atoms with Crippen molar-refractivity contribution in [1.29, 1.82) is 0 Å². The number of anilines is 2. The zero-order valence-electron chi connectivity index (χ0n) is 19.8. The summed E-state index contributed by atoms with van der Waals surface area (Å²) < 4.78 is 1.67. The molecule has 0 radical (unpaired) electrons. The molecule has 178 valence electrons. The Labute approximate surface area is 193 Å². The predicted octanol–water partition coefficient (Wildman–Crippen LogP) is 1.76. The number of hydrogen-bond donors (Lipinski definition) is 2. The summed E-state index contributed by atoms with van der Waals surface area (Å²) in [6, 6.07) is 5.66. The van der Waals surface area contributed by atoms with Gasteiger partial charge in [0.15, 0.2) is 5.82 Å². The fraction of sp³-hybridized carbons (Fsp3) is 0.565. The number of hydrogen-bond acceptors (Lipinski definition) is 6. The number of imide groups is 1. The van der Waals surface area contributed by atoms with Gasteiger partial charge in [0.25, 0.3) is 0 Å². The molecule has 2 atom stereocenters. The number of aromatic nitrogens is 2. The van der Waals surface area contributed by atoms with Crippen LogP contribution in [0.2, 0.25) is 0 Å². The van der Waals surface area contributed by atoms with Crippen molar-refractivity contribution in [3.63, 3.8) is 0 Å². The average Bonchev–Trinajstić information content (AvgIpc) is 3.08. The summed E-state index contributed by atoms with van der Waals surface area (Å²) in [4.78, 5) is 43.1. The molecule has 2 aliphatic rings. The van der Waals surface area contributed by atoms with Crippen LogP contribution in [0.5, 0.6) is 0 Å². The van der Waals surface area contributed by atoms with Gasteiger partial charge in [-0.2, -0.15) is 5.10 Å². The number of rotatable bonds is 6. The number of amides is 4. The monoisotopic (exact) mass is 455 g/mol. The van der Waals surface area contributed by atoms with Gasteiger partial charge in [0, 0.05) is 50.6 Å². The Balaban J connectivity index is 1.51. The summed E-state index contributed by atoms with van der Waals surface area (Å²) in [5.41, 5.74) is 1.39. The van der Waals surface area contributed by atoms with E-state index in [1.54, 1.807) is 11.7 Å². The normalized spacial score (nSPS) is 22.6. The first-order chi connectivity index (χ1) is 15.8. The highest BCUT2D eigenvalue weighted by molar-refractivity contribution is 6.11. The fourth-order valence-corrected chi connectivity index (χ4v) is 5.02. The largest absolute Gasteiger partial charge is 0.329 e. The molecule has 0 spiro atoms. The molecule has 10 heteroatoms. The molecule has 1 aromatic heterocycles. The number of carbonyl (C=O) groups is 3. The first kappa shape index (κ1) is 23.2. The van der Waals surface area contributed by atoms with Crippen LogP contribution < -0.4 is 15.5 Å². The number of fused-ring (bicyclic) bond motifs is 1. The highest BCUT2D eigenvalue weighted by atomic mass is 16.2. The van der Waals surface area contributed by atoms with Gasteiger partial charge in [-0.05, 0) is 38.9 Å². The predicted molar refractivity (Wildman–Crippen MR) is 127 cm³/mol. The van der Waals surface area contributed by atoms with Gasteiger partial charge in [0.05, 0.1) is 17.7 Å². The molecular weight excluding hydrogens is 422 g/mol. The molecule has 4 amide bonds. The summed E-state index contributed by atoms with van der Waals surface area (Å²) in [5, 5.41) is 10.7. The van der Waals surface area contributed by atoms with Crippen molar-refractivity contribution in [2.45, 2.75) is 45.7 Å². The quantitative estimate of drug-likeness (QED) is 0.688. The van der Waals surface area contributed by atoms with Crippen molar-refractivity contribution >= 4 is 40.3 Å². The highest BCUT2D eigenvalue weighted by Gasteiger charge is 2.31. The molecule has 10 nitrogen and oxygen atoms in total. The molecular formula is C23H33N7O3. The summed E-state index contributed by atoms with van der Waals surface area (Å²) in [5.74, 6) is 0.112. The van der Waals surface area contributed by atoms with Crippen LogP contribution >= 0.6 is 0 Å². The summed E-state index contributed by atoms with van der Waals surface area (Å²) >= 11 is 0. The second-order valence-corrected chi connectivity index (χ2v) is 9.08. The van der Waals surface area contributed by atoms with E-state index in [0.29, 0.717) is 30.1 Å². The topological polar surface area (TPSA) is 103 Å². The van der Waals surface area contributed by atoms with E-state index in [9.17, 15) is 14.4 Å². The Morgan fingerprint density at radius 1 is 1.21 bits per heavy atom. The Hall–Kier alpha value is -2.98. The van der Waals surface area contributed by atoms with Crippen molar-refractivity contribution in [2.24, 2.45) is 7.05 Å². The molecule has 3 heterocycles. The van der Waals surface area contributed by atoms with Gasteiger partial charge in [0.2, 0.25) is 11.8 Å². The summed E-state index contributed by atoms with van der Waals surface area (Å²) in [6.07, 6.45) is 1.36. The Morgan fingerprint density at radius 3 is 2.61 bits per heavy atom. The third-order valence-corrected chi connectivity index (χ3v) is 6.47. The Morgan fingerprint density at radius 2 is 1.94 bits per heavy atom. The third-order valence-electron chi connectivity index (χ3n) is 6.47. The molecule has 2 fully saturated rings. The van der Waals surface area contributed by atoms with Gasteiger partial charge in [-0.1, -0.05) is 13.0 Å². The number of nitrogens with zero attached hydrogens (tertiary/aromatic N) is 5. The smallest absolute Gasteiger partial charge is 0.323 e. The maximum Gasteiger partial charge on any atom is 0.329 e. The number of urea groups is 1. The van der Waals surface area contributed by atoms with E-state index in [1.807, 2.05) is 18.2 Å². The van der Waals surface area contributed by atoms with Crippen LogP contribution in [0.15, 0.2) is 18.2 Å². The number of benzene rings is 1. The van der Waals surface area contributed by atoms with Crippen molar-refractivity contribution < 1.29 is 14.4 Å². The van der Waals surface area contributed by atoms with Gasteiger partial charge in [0.1, 0.15) is 0 Å². The lowest BCUT2D eigenvalue weighted by molar-refractivity contribution is -0.120. The maximum atomic E-state index is 13.0. The second kappa shape index (κ2) is 9.48. The standard InChI is InChI=1S/C23H33N7O3/c1-5-10-28-12-15(2)30(16(3)13-28)14-20(32)24-18-8-6-7-17-21(18)27(4)26-22(17)29-11-9-19(31)25-23(29)33/h6-8,15-16H,5,9-14H2,1-4H3,(H,24,32)(H,25,31,33)/t15-,16+. The number of para-hydroxylation sites is 1. The molecule has 33 heavy (non-hydrogen) atoms. The molecule has 2 aromatic rings. The number of carbonyl (C=O) groups excluding carboxylic acids is 3. The Kier molecular flexibility index (Phi) is 6.66. The number of aryl methyl sites for hydroxylation is 1. The van der Waals surface area contributed by atoms with E-state index in [0.717, 1.165) is 37.0 Å². The molecule has 4 rings (SSSR count). The SMILES string of the molecule is CCCN1C[C@@H](C)N(CC(=O)Nc2cccc3c(N4CCC(=O)NC4=O)nn(C)c23)[C@@H](C)C1. The van der Waals surface area contributed by atoms with Crippen molar-refractivity contribution in [1.82, 2.24) is 24.9 Å². The van der Waals surface area contributed by atoms with E-state index in [1.165, 1.54) is 4.90 Å². The first-order valence-electron chi connectivity index (χ1n) is 11.6. The van der Waals surface area contributed by atoms with Gasteiger partial charge in [-0.25, -0.2) is 4.79 Å². The van der Waals surface area contributed by atoms with Crippen LogP contribution in [0.25, 0.3) is 10.9 Å². The van der Waals surface area contributed by atoms with Crippen molar-refractivity contribution in [3.05, 3.63) is 18.2 Å². The average molecular weight is 456 g/mol. The minimum absolute atomic E-state index is 0.0748. The minimum Gasteiger partial charge on any atom is -0.323 e. The van der Waals surface area contributed by atoms with Crippen LogP contribution in [0.4, 0.5) is 16.3 Å². The molecule has 0 unspecified atom stereocenters. The van der Waals surface area contributed by atoms with E-state index in [2.05, 4.69) is 46.3 Å². The zero-order chi connectivity index (χ0) is 23.7. The van der Waals surface area contributed by atoms with E-state index in [-0.39, 0.29) is 24.8 Å². The summed E-state index contributed by atoms with van der Waals surface area (Å²) in [6.45, 7) is 10.1. The number of piperazine rings is 1. The van der Waals surface area contributed by atoms with E-state index in [4.69, 9.17) is 0 Å². The molecule has 2 saturated heterocycles. The zero-order valence-corrected chi connectivity index (χ0v) is 19.8. The fourth-order valence-electron chi connectivity index (χ4n) is 5.02. The lowest BCUT2D eigenvalue weighted by atomic mass is 10.1. The second-order valence-electron chi connectivity index (χ2n) is 9.08. The highest BCUT2D eigenvalue weighted by Crippen LogP contribution is 2.31. The molecule has 1 aromatic carbocycles. The summed E-state index contributed by atoms with van der Waals surface area (Å²) in [7, 11) is 1.78. The van der Waals surface area contributed by atoms with Gasteiger partial charge >= 0.3 is 6.03 Å². The molecule has 0 bridgehead atoms. The lowest BCUT2D eigenvalue weighted by Crippen LogP contribution is -2.58. The molecule has 0 saturated carbocycles.